The average Bonchev–Trinajstić information content (AvgIpc) is 2.74. The van der Waals surface area contributed by atoms with Gasteiger partial charge in [-0.3, -0.25) is 4.79 Å². The van der Waals surface area contributed by atoms with Gasteiger partial charge in [-0.15, -0.1) is 0 Å². The number of aryl methyl sites for hydroxylation is 2. The lowest BCUT2D eigenvalue weighted by Crippen LogP contribution is -3.15. The van der Waals surface area contributed by atoms with Gasteiger partial charge in [0.2, 0.25) is 0 Å². The van der Waals surface area contributed by atoms with Gasteiger partial charge in [0.15, 0.2) is 11.7 Å². The largest absolute Gasteiger partial charge is 0.338 e. The predicted molar refractivity (Wildman–Crippen MR) is 124 cm³/mol. The summed E-state index contributed by atoms with van der Waals surface area (Å²) < 4.78 is 0. The quantitative estimate of drug-likeness (QED) is 0.639. The van der Waals surface area contributed by atoms with Crippen molar-refractivity contribution in [1.29, 1.82) is 0 Å². The molecule has 1 aliphatic heterocycles. The van der Waals surface area contributed by atoms with Gasteiger partial charge < -0.3 is 20.4 Å². The Kier molecular flexibility index (Phi) is 7.61. The Hall–Kier alpha value is -2.44. The number of benzene rings is 2. The molecular weight excluding hydrogens is 380 g/mol. The third-order valence-electron chi connectivity index (χ3n) is 5.43. The van der Waals surface area contributed by atoms with Crippen LogP contribution in [-0.2, 0) is 17.6 Å². The van der Waals surface area contributed by atoms with E-state index in [0.717, 1.165) is 55.5 Å². The SMILES string of the molecule is CCc1cccc(NC(=S)N2CC[NH+](CC(=O)Nc3ccccc3CC)CC2)c1. The van der Waals surface area contributed by atoms with Crippen molar-refractivity contribution in [2.24, 2.45) is 0 Å². The number of thiocarbonyl (C=S) groups is 1. The molecule has 3 rings (SSSR count). The summed E-state index contributed by atoms with van der Waals surface area (Å²) in [5.74, 6) is 0.0754. The smallest absolute Gasteiger partial charge is 0.279 e. The van der Waals surface area contributed by atoms with Gasteiger partial charge in [0.05, 0.1) is 26.2 Å². The van der Waals surface area contributed by atoms with Crippen molar-refractivity contribution < 1.29 is 9.69 Å². The fourth-order valence-electron chi connectivity index (χ4n) is 3.65. The molecule has 1 heterocycles. The summed E-state index contributed by atoms with van der Waals surface area (Å²) in [6.45, 7) is 8.26. The molecule has 0 radical (unpaired) electrons. The summed E-state index contributed by atoms with van der Waals surface area (Å²) >= 11 is 5.60. The summed E-state index contributed by atoms with van der Waals surface area (Å²) in [5, 5.41) is 7.19. The van der Waals surface area contributed by atoms with Crippen LogP contribution in [0.1, 0.15) is 25.0 Å². The molecule has 0 atom stereocenters. The van der Waals surface area contributed by atoms with Crippen molar-refractivity contribution in [2.45, 2.75) is 26.7 Å². The van der Waals surface area contributed by atoms with E-state index in [1.807, 2.05) is 24.3 Å². The highest BCUT2D eigenvalue weighted by Gasteiger charge is 2.24. The molecule has 29 heavy (non-hydrogen) atoms. The molecule has 5 nitrogen and oxygen atoms in total. The summed E-state index contributed by atoms with van der Waals surface area (Å²) in [7, 11) is 0. The van der Waals surface area contributed by atoms with Crippen molar-refractivity contribution in [3.63, 3.8) is 0 Å². The van der Waals surface area contributed by atoms with Gasteiger partial charge >= 0.3 is 0 Å². The Labute approximate surface area is 179 Å². The van der Waals surface area contributed by atoms with Crippen molar-refractivity contribution in [2.75, 3.05) is 43.4 Å². The number of amides is 1. The Morgan fingerprint density at radius 3 is 2.52 bits per heavy atom. The zero-order valence-corrected chi connectivity index (χ0v) is 18.1. The van der Waals surface area contributed by atoms with E-state index in [2.05, 4.69) is 53.6 Å². The summed E-state index contributed by atoms with van der Waals surface area (Å²) in [4.78, 5) is 16.0. The van der Waals surface area contributed by atoms with Crippen molar-refractivity contribution >= 4 is 34.6 Å². The lowest BCUT2D eigenvalue weighted by molar-refractivity contribution is -0.895. The molecule has 0 aromatic heterocycles. The van der Waals surface area contributed by atoms with Gasteiger partial charge in [0, 0.05) is 11.4 Å². The number of rotatable bonds is 6. The molecule has 0 spiro atoms. The molecule has 3 N–H and O–H groups in total. The minimum Gasteiger partial charge on any atom is -0.338 e. The molecule has 0 saturated carbocycles. The van der Waals surface area contributed by atoms with Crippen LogP contribution >= 0.6 is 12.2 Å². The molecule has 1 fully saturated rings. The average molecular weight is 412 g/mol. The Bertz CT molecular complexity index is 846. The van der Waals surface area contributed by atoms with E-state index < -0.39 is 0 Å². The monoisotopic (exact) mass is 411 g/mol. The fourth-order valence-corrected chi connectivity index (χ4v) is 3.95. The second-order valence-corrected chi connectivity index (χ2v) is 7.84. The molecule has 0 bridgehead atoms. The minimum absolute atomic E-state index is 0.0754. The number of hydrogen-bond acceptors (Lipinski definition) is 2. The van der Waals surface area contributed by atoms with E-state index in [1.54, 1.807) is 0 Å². The Morgan fingerprint density at radius 1 is 1.03 bits per heavy atom. The van der Waals surface area contributed by atoms with Crippen LogP contribution in [0.3, 0.4) is 0 Å². The number of carbonyl (C=O) groups is 1. The molecule has 0 aliphatic carbocycles. The molecule has 2 aromatic carbocycles. The molecule has 1 saturated heterocycles. The third-order valence-corrected chi connectivity index (χ3v) is 5.79. The van der Waals surface area contributed by atoms with Crippen LogP contribution in [0, 0.1) is 0 Å². The van der Waals surface area contributed by atoms with E-state index >= 15 is 0 Å². The van der Waals surface area contributed by atoms with Crippen LogP contribution in [0.4, 0.5) is 11.4 Å². The van der Waals surface area contributed by atoms with Crippen molar-refractivity contribution in [1.82, 2.24) is 4.90 Å². The topological polar surface area (TPSA) is 48.8 Å². The third kappa shape index (κ3) is 6.02. The first kappa shape index (κ1) is 21.3. The van der Waals surface area contributed by atoms with E-state index in [1.165, 1.54) is 16.0 Å². The normalized spacial score (nSPS) is 14.5. The highest BCUT2D eigenvalue weighted by atomic mass is 32.1. The number of nitrogens with one attached hydrogen (secondary N) is 3. The lowest BCUT2D eigenvalue weighted by Gasteiger charge is -2.33. The maximum absolute atomic E-state index is 12.5. The van der Waals surface area contributed by atoms with E-state index in [9.17, 15) is 4.79 Å². The number of anilines is 2. The van der Waals surface area contributed by atoms with Crippen LogP contribution in [0.5, 0.6) is 0 Å². The second-order valence-electron chi connectivity index (χ2n) is 7.46. The number of carbonyl (C=O) groups excluding carboxylic acids is 1. The summed E-state index contributed by atoms with van der Waals surface area (Å²) in [5.41, 5.74) is 4.43. The molecule has 0 unspecified atom stereocenters. The maximum atomic E-state index is 12.5. The van der Waals surface area contributed by atoms with E-state index in [-0.39, 0.29) is 5.91 Å². The molecule has 6 heteroatoms. The van der Waals surface area contributed by atoms with Crippen LogP contribution in [0.2, 0.25) is 0 Å². The summed E-state index contributed by atoms with van der Waals surface area (Å²) in [6, 6.07) is 16.4. The first-order chi connectivity index (χ1) is 14.1. The highest BCUT2D eigenvalue weighted by molar-refractivity contribution is 7.80. The molecule has 1 aliphatic rings. The molecule has 1 amide bonds. The van der Waals surface area contributed by atoms with E-state index in [4.69, 9.17) is 12.2 Å². The lowest BCUT2D eigenvalue weighted by atomic mass is 10.1. The van der Waals surface area contributed by atoms with Gasteiger partial charge in [0.25, 0.3) is 5.91 Å². The Balaban J connectivity index is 1.46. The number of nitrogens with zero attached hydrogens (tertiary/aromatic N) is 1. The van der Waals surface area contributed by atoms with Crippen molar-refractivity contribution in [3.8, 4) is 0 Å². The van der Waals surface area contributed by atoms with Gasteiger partial charge in [-0.2, -0.15) is 0 Å². The van der Waals surface area contributed by atoms with Gasteiger partial charge in [0.1, 0.15) is 0 Å². The first-order valence-corrected chi connectivity index (χ1v) is 10.9. The van der Waals surface area contributed by atoms with Gasteiger partial charge in [-0.05, 0) is 54.4 Å². The standard InChI is InChI=1S/C23H30N4OS/c1-3-18-8-7-10-20(16-18)24-23(29)27-14-12-26(13-15-27)17-22(28)25-21-11-6-5-9-19(21)4-2/h5-11,16H,3-4,12-15,17H2,1-2H3,(H,24,29)(H,25,28)/p+1. The van der Waals surface area contributed by atoms with Crippen LogP contribution in [0.25, 0.3) is 0 Å². The Morgan fingerprint density at radius 2 is 1.79 bits per heavy atom. The summed E-state index contributed by atoms with van der Waals surface area (Å²) in [6.07, 6.45) is 1.92. The maximum Gasteiger partial charge on any atom is 0.279 e. The first-order valence-electron chi connectivity index (χ1n) is 10.4. The van der Waals surface area contributed by atoms with E-state index in [0.29, 0.717) is 6.54 Å². The molecule has 2 aromatic rings. The number of quaternary nitrogens is 1. The molecular formula is C23H31N4OS+. The molecule has 154 valence electrons. The van der Waals surface area contributed by atoms with Crippen LogP contribution in [-0.4, -0.2) is 48.6 Å². The second kappa shape index (κ2) is 10.4. The van der Waals surface area contributed by atoms with Crippen molar-refractivity contribution in [3.05, 3.63) is 59.7 Å². The number of hydrogen-bond donors (Lipinski definition) is 3. The fraction of sp³-hybridized carbons (Fsp3) is 0.391. The highest BCUT2D eigenvalue weighted by Crippen LogP contribution is 2.15. The van der Waals surface area contributed by atoms with Crippen LogP contribution < -0.4 is 15.5 Å². The number of piperazine rings is 1. The van der Waals surface area contributed by atoms with Gasteiger partial charge in [-0.1, -0.05) is 44.2 Å². The predicted octanol–water partition coefficient (Wildman–Crippen LogP) is 2.35. The minimum atomic E-state index is 0.0754. The number of para-hydroxylation sites is 1. The van der Waals surface area contributed by atoms with Crippen LogP contribution in [0.15, 0.2) is 48.5 Å². The van der Waals surface area contributed by atoms with Gasteiger partial charge in [-0.25, -0.2) is 0 Å². The zero-order valence-electron chi connectivity index (χ0n) is 17.3. The zero-order chi connectivity index (χ0) is 20.6.